The lowest BCUT2D eigenvalue weighted by atomic mass is 9.99. The van der Waals surface area contributed by atoms with Gasteiger partial charge in [0.2, 0.25) is 5.82 Å². The van der Waals surface area contributed by atoms with Gasteiger partial charge in [0.05, 0.1) is 23.2 Å². The van der Waals surface area contributed by atoms with Crippen molar-refractivity contribution in [2.24, 2.45) is 0 Å². The predicted molar refractivity (Wildman–Crippen MR) is 128 cm³/mol. The van der Waals surface area contributed by atoms with Crippen LogP contribution >= 0.6 is 12.6 Å². The van der Waals surface area contributed by atoms with E-state index in [1.807, 2.05) is 66.1 Å². The van der Waals surface area contributed by atoms with Gasteiger partial charge in [-0.3, -0.25) is 4.57 Å². The first-order valence-corrected chi connectivity index (χ1v) is 10.8. The van der Waals surface area contributed by atoms with Crippen LogP contribution in [-0.4, -0.2) is 42.8 Å². The van der Waals surface area contributed by atoms with Crippen LogP contribution in [0.3, 0.4) is 0 Å². The summed E-state index contributed by atoms with van der Waals surface area (Å²) in [6.45, 7) is 4.00. The van der Waals surface area contributed by atoms with Crippen LogP contribution in [0.5, 0.6) is 0 Å². The predicted octanol–water partition coefficient (Wildman–Crippen LogP) is 4.65. The van der Waals surface area contributed by atoms with Gasteiger partial charge in [0.1, 0.15) is 5.82 Å². The number of nitrogens with zero attached hydrogens (tertiary/aromatic N) is 5. The molecular formula is C24H20N6O2S. The molecule has 0 unspecified atom stereocenters. The second-order valence-electron chi connectivity index (χ2n) is 7.37. The Hall–Kier alpha value is -3.98. The van der Waals surface area contributed by atoms with Crippen LogP contribution in [0.2, 0.25) is 0 Å². The van der Waals surface area contributed by atoms with Crippen molar-refractivity contribution in [2.45, 2.75) is 18.7 Å². The van der Waals surface area contributed by atoms with Gasteiger partial charge in [0.25, 0.3) is 0 Å². The molecule has 3 aromatic carbocycles. The molecule has 0 saturated heterocycles. The third-order valence-electron chi connectivity index (χ3n) is 5.38. The molecule has 8 nitrogen and oxygen atoms in total. The number of fused-ring (bicyclic) bond motifs is 1. The average Bonchev–Trinajstić information content (AvgIpc) is 3.46. The number of aryl methyl sites for hydroxylation is 1. The van der Waals surface area contributed by atoms with Crippen molar-refractivity contribution in [1.29, 1.82) is 0 Å². The van der Waals surface area contributed by atoms with E-state index in [0.717, 1.165) is 38.6 Å². The third-order valence-corrected chi connectivity index (χ3v) is 5.75. The van der Waals surface area contributed by atoms with Gasteiger partial charge in [-0.2, -0.15) is 5.21 Å². The standard InChI is InChI=1S/C24H20N6O2S/c1-3-32-24(31)19-9-6-10-20-22(19)30(14(2)25-20)15-11-12-17(21(33)13-15)16-7-4-5-8-18(16)23-26-28-29-27-23/h4-13,33H,3H2,1-2H3,(H,26,27,28,29). The van der Waals surface area contributed by atoms with Gasteiger partial charge in [-0.25, -0.2) is 9.78 Å². The molecule has 5 rings (SSSR count). The second kappa shape index (κ2) is 8.51. The van der Waals surface area contributed by atoms with E-state index in [1.165, 1.54) is 0 Å². The summed E-state index contributed by atoms with van der Waals surface area (Å²) in [5.41, 5.74) is 5.47. The molecule has 0 atom stereocenters. The Morgan fingerprint density at radius 1 is 1.06 bits per heavy atom. The number of aromatic nitrogens is 6. The molecule has 0 aliphatic rings. The number of hydrogen-bond acceptors (Lipinski definition) is 7. The fourth-order valence-electron chi connectivity index (χ4n) is 4.01. The molecule has 164 valence electrons. The van der Waals surface area contributed by atoms with Gasteiger partial charge in [-0.05, 0) is 54.5 Å². The smallest absolute Gasteiger partial charge is 0.340 e. The number of hydrogen-bond donors (Lipinski definition) is 2. The maximum atomic E-state index is 12.6. The number of H-pyrrole nitrogens is 1. The number of para-hydroxylation sites is 1. The normalized spacial score (nSPS) is 11.1. The van der Waals surface area contributed by atoms with Crippen molar-refractivity contribution in [1.82, 2.24) is 30.2 Å². The zero-order chi connectivity index (χ0) is 22.9. The molecule has 0 bridgehead atoms. The Bertz CT molecular complexity index is 1480. The molecule has 0 spiro atoms. The van der Waals surface area contributed by atoms with Gasteiger partial charge in [-0.1, -0.05) is 36.4 Å². The number of carbonyl (C=O) groups excluding carboxylic acids is 1. The molecule has 5 aromatic rings. The number of imidazole rings is 1. The molecular weight excluding hydrogens is 436 g/mol. The monoisotopic (exact) mass is 456 g/mol. The lowest BCUT2D eigenvalue weighted by Gasteiger charge is -2.14. The van der Waals surface area contributed by atoms with E-state index < -0.39 is 0 Å². The van der Waals surface area contributed by atoms with E-state index in [9.17, 15) is 4.79 Å². The maximum Gasteiger partial charge on any atom is 0.340 e. The molecule has 2 aromatic heterocycles. The summed E-state index contributed by atoms with van der Waals surface area (Å²) in [6, 6.07) is 19.2. The minimum atomic E-state index is -0.374. The molecule has 2 heterocycles. The van der Waals surface area contributed by atoms with Crippen LogP contribution in [0.4, 0.5) is 0 Å². The summed E-state index contributed by atoms with van der Waals surface area (Å²) >= 11 is 4.79. The van der Waals surface area contributed by atoms with Crippen LogP contribution in [0.25, 0.3) is 39.2 Å². The number of ether oxygens (including phenoxy) is 1. The lowest BCUT2D eigenvalue weighted by Crippen LogP contribution is -2.08. The number of carbonyl (C=O) groups is 1. The number of thiol groups is 1. The van der Waals surface area contributed by atoms with Crippen LogP contribution < -0.4 is 0 Å². The summed E-state index contributed by atoms with van der Waals surface area (Å²) in [7, 11) is 0. The van der Waals surface area contributed by atoms with Gasteiger partial charge >= 0.3 is 5.97 Å². The van der Waals surface area contributed by atoms with Crippen molar-refractivity contribution in [3.63, 3.8) is 0 Å². The van der Waals surface area contributed by atoms with Crippen molar-refractivity contribution >= 4 is 29.6 Å². The SMILES string of the molecule is CCOC(=O)c1cccc2nc(C)n(-c3ccc(-c4ccccc4-c4nn[nH]n4)c(S)c3)c12. The topological polar surface area (TPSA) is 98.6 Å². The van der Waals surface area contributed by atoms with E-state index in [-0.39, 0.29) is 5.97 Å². The van der Waals surface area contributed by atoms with E-state index in [0.29, 0.717) is 23.5 Å². The van der Waals surface area contributed by atoms with Gasteiger partial charge in [0.15, 0.2) is 0 Å². The minimum absolute atomic E-state index is 0.303. The van der Waals surface area contributed by atoms with Crippen molar-refractivity contribution < 1.29 is 9.53 Å². The van der Waals surface area contributed by atoms with E-state index in [4.69, 9.17) is 17.4 Å². The third kappa shape index (κ3) is 3.66. The molecule has 0 radical (unpaired) electrons. The number of benzene rings is 3. The molecule has 0 saturated carbocycles. The van der Waals surface area contributed by atoms with Crippen LogP contribution in [0.1, 0.15) is 23.1 Å². The summed E-state index contributed by atoms with van der Waals surface area (Å²) in [4.78, 5) is 18.0. The Balaban J connectivity index is 1.65. The summed E-state index contributed by atoms with van der Waals surface area (Å²) in [5.74, 6) is 0.897. The van der Waals surface area contributed by atoms with Gasteiger partial charge in [0, 0.05) is 16.1 Å². The molecule has 1 N–H and O–H groups in total. The lowest BCUT2D eigenvalue weighted by molar-refractivity contribution is 0.0528. The van der Waals surface area contributed by atoms with Gasteiger partial charge < -0.3 is 4.74 Å². The fourth-order valence-corrected chi connectivity index (χ4v) is 4.34. The first-order chi connectivity index (χ1) is 16.1. The highest BCUT2D eigenvalue weighted by atomic mass is 32.1. The van der Waals surface area contributed by atoms with E-state index in [1.54, 1.807) is 13.0 Å². The fraction of sp³-hybridized carbons (Fsp3) is 0.125. The summed E-state index contributed by atoms with van der Waals surface area (Å²) in [6.07, 6.45) is 0. The number of esters is 1. The Morgan fingerprint density at radius 3 is 2.61 bits per heavy atom. The first kappa shape index (κ1) is 20.9. The maximum absolute atomic E-state index is 12.6. The highest BCUT2D eigenvalue weighted by Crippen LogP contribution is 2.35. The average molecular weight is 457 g/mol. The molecule has 0 aliphatic heterocycles. The second-order valence-corrected chi connectivity index (χ2v) is 7.85. The van der Waals surface area contributed by atoms with E-state index >= 15 is 0 Å². The number of tetrazole rings is 1. The number of nitrogens with one attached hydrogen (secondary N) is 1. The van der Waals surface area contributed by atoms with Crippen molar-refractivity contribution in [3.05, 3.63) is 72.1 Å². The highest BCUT2D eigenvalue weighted by Gasteiger charge is 2.19. The Labute approximate surface area is 195 Å². The van der Waals surface area contributed by atoms with Crippen LogP contribution in [0.15, 0.2) is 65.6 Å². The zero-order valence-corrected chi connectivity index (χ0v) is 18.9. The van der Waals surface area contributed by atoms with Crippen molar-refractivity contribution in [3.8, 4) is 28.2 Å². The number of aromatic amines is 1. The number of rotatable bonds is 5. The van der Waals surface area contributed by atoms with Gasteiger partial charge in [-0.15, -0.1) is 22.8 Å². The van der Waals surface area contributed by atoms with Crippen LogP contribution in [-0.2, 0) is 4.74 Å². The van der Waals surface area contributed by atoms with E-state index in [2.05, 4.69) is 25.6 Å². The van der Waals surface area contributed by atoms with Crippen molar-refractivity contribution in [2.75, 3.05) is 6.61 Å². The molecule has 9 heteroatoms. The summed E-state index contributed by atoms with van der Waals surface area (Å²) in [5, 5.41) is 14.4. The Kier molecular flexibility index (Phi) is 5.39. The Morgan fingerprint density at radius 2 is 1.88 bits per heavy atom. The summed E-state index contributed by atoms with van der Waals surface area (Å²) < 4.78 is 7.23. The molecule has 0 aliphatic carbocycles. The first-order valence-electron chi connectivity index (χ1n) is 10.4. The minimum Gasteiger partial charge on any atom is -0.462 e. The quantitative estimate of drug-likeness (QED) is 0.295. The zero-order valence-electron chi connectivity index (χ0n) is 18.0. The largest absolute Gasteiger partial charge is 0.462 e. The van der Waals surface area contributed by atoms with Crippen LogP contribution in [0, 0.1) is 6.92 Å². The molecule has 0 amide bonds. The molecule has 0 fully saturated rings. The molecule has 33 heavy (non-hydrogen) atoms. The highest BCUT2D eigenvalue weighted by molar-refractivity contribution is 7.80.